The second-order valence-electron chi connectivity index (χ2n) is 5.92. The van der Waals surface area contributed by atoms with Gasteiger partial charge in [-0.3, -0.25) is 9.78 Å². The molecule has 0 fully saturated rings. The first kappa shape index (κ1) is 19.7. The molecule has 0 spiro atoms. The van der Waals surface area contributed by atoms with Gasteiger partial charge in [0.05, 0.1) is 31.2 Å². The summed E-state index contributed by atoms with van der Waals surface area (Å²) in [6.45, 7) is 1.82. The smallest absolute Gasteiger partial charge is 0.250 e. The zero-order chi connectivity index (χ0) is 19.9. The number of amides is 1. The molecule has 0 unspecified atom stereocenters. The van der Waals surface area contributed by atoms with Gasteiger partial charge in [0.2, 0.25) is 5.91 Å². The van der Waals surface area contributed by atoms with Crippen LogP contribution in [0.3, 0.4) is 0 Å². The number of nitrogens with one attached hydrogen (secondary N) is 1. The van der Waals surface area contributed by atoms with E-state index in [0.717, 1.165) is 21.4 Å². The number of carbonyl (C=O) groups is 1. The van der Waals surface area contributed by atoms with Crippen molar-refractivity contribution in [2.45, 2.75) is 11.8 Å². The second-order valence-corrected chi connectivity index (χ2v) is 6.94. The first-order valence-electron chi connectivity index (χ1n) is 8.64. The number of thioether (sulfide) groups is 1. The van der Waals surface area contributed by atoms with E-state index in [2.05, 4.69) is 15.5 Å². The number of ether oxygens (including phenoxy) is 2. The first-order chi connectivity index (χ1) is 13.6. The van der Waals surface area contributed by atoms with Crippen molar-refractivity contribution in [2.75, 3.05) is 20.0 Å². The Kier molecular flexibility index (Phi) is 6.49. The summed E-state index contributed by atoms with van der Waals surface area (Å²) in [6, 6.07) is 15.3. The number of para-hydroxylation sites is 1. The molecule has 0 atom stereocenters. The third-order valence-corrected chi connectivity index (χ3v) is 5.15. The Morgan fingerprint density at radius 3 is 2.68 bits per heavy atom. The number of hydrazone groups is 1. The van der Waals surface area contributed by atoms with E-state index in [1.165, 1.54) is 11.8 Å². The lowest BCUT2D eigenvalue weighted by Gasteiger charge is -2.09. The van der Waals surface area contributed by atoms with Crippen LogP contribution in [0.4, 0.5) is 0 Å². The maximum absolute atomic E-state index is 12.2. The minimum absolute atomic E-state index is 0.183. The SMILES string of the molecule is COc1ccc(/C(C)=N\NC(=O)CSc2cccc3cccnc23)cc1OC. The summed E-state index contributed by atoms with van der Waals surface area (Å²) in [5, 5.41) is 5.24. The highest BCUT2D eigenvalue weighted by Crippen LogP contribution is 2.28. The van der Waals surface area contributed by atoms with Crippen LogP contribution in [-0.2, 0) is 4.79 Å². The molecule has 0 saturated heterocycles. The predicted molar refractivity (Wildman–Crippen MR) is 112 cm³/mol. The lowest BCUT2D eigenvalue weighted by molar-refractivity contribution is -0.118. The van der Waals surface area contributed by atoms with Gasteiger partial charge in [-0.2, -0.15) is 5.10 Å². The van der Waals surface area contributed by atoms with E-state index < -0.39 is 0 Å². The summed E-state index contributed by atoms with van der Waals surface area (Å²) >= 11 is 1.44. The number of methoxy groups -OCH3 is 2. The Hall–Kier alpha value is -3.06. The van der Waals surface area contributed by atoms with E-state index in [9.17, 15) is 4.79 Å². The molecule has 1 aromatic heterocycles. The minimum atomic E-state index is -0.183. The van der Waals surface area contributed by atoms with Crippen molar-refractivity contribution in [3.63, 3.8) is 0 Å². The third kappa shape index (κ3) is 4.61. The maximum Gasteiger partial charge on any atom is 0.250 e. The van der Waals surface area contributed by atoms with Gasteiger partial charge >= 0.3 is 0 Å². The van der Waals surface area contributed by atoms with Crippen molar-refractivity contribution >= 4 is 34.3 Å². The summed E-state index contributed by atoms with van der Waals surface area (Å²) in [5.41, 5.74) is 5.01. The topological polar surface area (TPSA) is 72.8 Å². The van der Waals surface area contributed by atoms with E-state index >= 15 is 0 Å². The predicted octanol–water partition coefficient (Wildman–Crippen LogP) is 3.88. The number of benzene rings is 2. The van der Waals surface area contributed by atoms with Gasteiger partial charge in [-0.05, 0) is 37.3 Å². The molecule has 0 radical (unpaired) electrons. The minimum Gasteiger partial charge on any atom is -0.493 e. The molecular weight excluding hydrogens is 374 g/mol. The van der Waals surface area contributed by atoms with Crippen LogP contribution in [0.1, 0.15) is 12.5 Å². The maximum atomic E-state index is 12.2. The van der Waals surface area contributed by atoms with Gasteiger partial charge in [0.1, 0.15) is 0 Å². The average molecular weight is 395 g/mol. The molecule has 0 bridgehead atoms. The highest BCUT2D eigenvalue weighted by atomic mass is 32.2. The zero-order valence-corrected chi connectivity index (χ0v) is 16.7. The van der Waals surface area contributed by atoms with Gasteiger partial charge in [0.15, 0.2) is 11.5 Å². The van der Waals surface area contributed by atoms with Crippen molar-refractivity contribution in [1.82, 2.24) is 10.4 Å². The van der Waals surface area contributed by atoms with Crippen LogP contribution in [0.2, 0.25) is 0 Å². The van der Waals surface area contributed by atoms with Gasteiger partial charge < -0.3 is 9.47 Å². The first-order valence-corrected chi connectivity index (χ1v) is 9.63. The Morgan fingerprint density at radius 1 is 1.11 bits per heavy atom. The zero-order valence-electron chi connectivity index (χ0n) is 15.9. The molecule has 3 aromatic rings. The summed E-state index contributed by atoms with van der Waals surface area (Å²) < 4.78 is 10.5. The van der Waals surface area contributed by atoms with Crippen molar-refractivity contribution in [1.29, 1.82) is 0 Å². The monoisotopic (exact) mass is 395 g/mol. The van der Waals surface area contributed by atoms with Crippen molar-refractivity contribution in [3.05, 3.63) is 60.3 Å². The highest BCUT2D eigenvalue weighted by Gasteiger charge is 2.08. The van der Waals surface area contributed by atoms with Crippen molar-refractivity contribution in [2.24, 2.45) is 5.10 Å². The Balaban J connectivity index is 1.63. The molecule has 2 aromatic carbocycles. The van der Waals surface area contributed by atoms with E-state index in [-0.39, 0.29) is 11.7 Å². The fraction of sp³-hybridized carbons (Fsp3) is 0.190. The molecule has 1 heterocycles. The molecule has 1 N–H and O–H groups in total. The molecule has 28 heavy (non-hydrogen) atoms. The standard InChI is InChI=1S/C21H21N3O3S/c1-14(16-9-10-17(26-2)18(12-16)27-3)23-24-20(25)13-28-19-8-4-6-15-7-5-11-22-21(15)19/h4-12H,13H2,1-3H3,(H,24,25)/b23-14-. The number of aromatic nitrogens is 1. The summed E-state index contributed by atoms with van der Waals surface area (Å²) in [6.07, 6.45) is 1.75. The lowest BCUT2D eigenvalue weighted by Crippen LogP contribution is -2.21. The van der Waals surface area contributed by atoms with Gasteiger partial charge in [-0.15, -0.1) is 11.8 Å². The van der Waals surface area contributed by atoms with E-state index in [1.54, 1.807) is 26.5 Å². The third-order valence-electron chi connectivity index (χ3n) is 4.10. The second kappa shape index (κ2) is 9.23. The molecule has 144 valence electrons. The Bertz CT molecular complexity index is 1020. The molecule has 0 aliphatic heterocycles. The van der Waals surface area contributed by atoms with Crippen LogP contribution in [0.15, 0.2) is 64.7 Å². The average Bonchev–Trinajstić information content (AvgIpc) is 2.75. The normalized spacial score (nSPS) is 11.3. The molecule has 3 rings (SSSR count). The van der Waals surface area contributed by atoms with Crippen LogP contribution < -0.4 is 14.9 Å². The Labute approximate surface area is 168 Å². The number of nitrogens with zero attached hydrogens (tertiary/aromatic N) is 2. The van der Waals surface area contributed by atoms with E-state index in [1.807, 2.05) is 49.4 Å². The van der Waals surface area contributed by atoms with Crippen LogP contribution in [0, 0.1) is 0 Å². The van der Waals surface area contributed by atoms with Gasteiger partial charge in [0.25, 0.3) is 0 Å². The Morgan fingerprint density at radius 2 is 1.89 bits per heavy atom. The van der Waals surface area contributed by atoms with Crippen LogP contribution in [0.5, 0.6) is 11.5 Å². The van der Waals surface area contributed by atoms with Crippen LogP contribution in [-0.4, -0.2) is 36.6 Å². The van der Waals surface area contributed by atoms with Gasteiger partial charge in [0, 0.05) is 22.0 Å². The largest absolute Gasteiger partial charge is 0.493 e. The molecule has 0 aliphatic carbocycles. The van der Waals surface area contributed by atoms with E-state index in [4.69, 9.17) is 9.47 Å². The molecule has 0 aliphatic rings. The number of hydrogen-bond donors (Lipinski definition) is 1. The number of pyridine rings is 1. The van der Waals surface area contributed by atoms with Gasteiger partial charge in [-0.25, -0.2) is 5.43 Å². The number of rotatable bonds is 7. The molecule has 1 amide bonds. The summed E-state index contributed by atoms with van der Waals surface area (Å²) in [5.74, 6) is 1.32. The van der Waals surface area contributed by atoms with Crippen LogP contribution in [0.25, 0.3) is 10.9 Å². The fourth-order valence-electron chi connectivity index (χ4n) is 2.64. The lowest BCUT2D eigenvalue weighted by atomic mass is 10.1. The van der Waals surface area contributed by atoms with Crippen molar-refractivity contribution < 1.29 is 14.3 Å². The molecule has 0 saturated carbocycles. The van der Waals surface area contributed by atoms with Gasteiger partial charge in [-0.1, -0.05) is 18.2 Å². The summed E-state index contributed by atoms with van der Waals surface area (Å²) in [4.78, 5) is 17.6. The van der Waals surface area contributed by atoms with E-state index in [0.29, 0.717) is 17.2 Å². The van der Waals surface area contributed by atoms with Crippen LogP contribution >= 0.6 is 11.8 Å². The van der Waals surface area contributed by atoms with Crippen molar-refractivity contribution in [3.8, 4) is 11.5 Å². The molecular formula is C21H21N3O3S. The highest BCUT2D eigenvalue weighted by molar-refractivity contribution is 8.00. The quantitative estimate of drug-likeness (QED) is 0.373. The number of fused-ring (bicyclic) bond motifs is 1. The number of carbonyl (C=O) groups excluding carboxylic acids is 1. The molecule has 7 heteroatoms. The number of hydrogen-bond acceptors (Lipinski definition) is 6. The fourth-order valence-corrected chi connectivity index (χ4v) is 3.47. The summed E-state index contributed by atoms with van der Waals surface area (Å²) in [7, 11) is 3.16. The molecule has 6 nitrogen and oxygen atoms in total.